The zero-order chi connectivity index (χ0) is 18.5. The third-order valence-electron chi connectivity index (χ3n) is 3.78. The third kappa shape index (κ3) is 5.96. The fourth-order valence-corrected chi connectivity index (χ4v) is 4.26. The molecule has 0 spiro atoms. The van der Waals surface area contributed by atoms with Gasteiger partial charge >= 0.3 is 0 Å². The van der Waals surface area contributed by atoms with Gasteiger partial charge in [0.25, 0.3) is 0 Å². The van der Waals surface area contributed by atoms with Crippen molar-refractivity contribution in [3.8, 4) is 0 Å². The largest absolute Gasteiger partial charge is 0.309 e. The van der Waals surface area contributed by atoms with Crippen LogP contribution in [0.2, 0.25) is 0 Å². The first-order valence-corrected chi connectivity index (χ1v) is 10.1. The minimum atomic E-state index is -3.54. The van der Waals surface area contributed by atoms with E-state index in [0.29, 0.717) is 18.0 Å². The predicted octanol–water partition coefficient (Wildman–Crippen LogP) is 3.62. The Morgan fingerprint density at radius 1 is 0.880 bits per heavy atom. The van der Waals surface area contributed by atoms with Crippen LogP contribution in [-0.4, -0.2) is 14.0 Å². The molecule has 2 N–H and O–H groups in total. The number of hydrogen-bond donors (Lipinski definition) is 2. The molecule has 0 bridgehead atoms. The average Bonchev–Trinajstić information content (AvgIpc) is 2.54. The van der Waals surface area contributed by atoms with Gasteiger partial charge in [-0.2, -0.15) is 0 Å². The molecule has 0 unspecified atom stereocenters. The molecule has 0 saturated carbocycles. The van der Waals surface area contributed by atoms with Crippen LogP contribution in [0.25, 0.3) is 0 Å². The molecule has 0 saturated heterocycles. The van der Waals surface area contributed by atoms with Gasteiger partial charge in [-0.15, -0.1) is 0 Å². The highest BCUT2D eigenvalue weighted by Crippen LogP contribution is 2.18. The summed E-state index contributed by atoms with van der Waals surface area (Å²) in [5.74, 6) is 0. The summed E-state index contributed by atoms with van der Waals surface area (Å²) >= 11 is 0. The molecule has 2 aromatic carbocycles. The van der Waals surface area contributed by atoms with E-state index in [4.69, 9.17) is 0 Å². The summed E-state index contributed by atoms with van der Waals surface area (Å²) < 4.78 is 28.0. The summed E-state index contributed by atoms with van der Waals surface area (Å²) in [6.45, 7) is 8.85. The molecule has 0 aromatic heterocycles. The monoisotopic (exact) mass is 360 g/mol. The molecule has 25 heavy (non-hydrogen) atoms. The van der Waals surface area contributed by atoms with Crippen molar-refractivity contribution in [1.82, 2.24) is 10.0 Å². The second kappa shape index (κ2) is 8.13. The van der Waals surface area contributed by atoms with Gasteiger partial charge in [-0.1, -0.05) is 49.4 Å². The minimum Gasteiger partial charge on any atom is -0.309 e. The van der Waals surface area contributed by atoms with Gasteiger partial charge in [0.1, 0.15) is 0 Å². The Morgan fingerprint density at radius 3 is 2.08 bits per heavy atom. The number of sulfonamides is 1. The molecule has 4 nitrogen and oxygen atoms in total. The second-order valence-corrected chi connectivity index (χ2v) is 8.89. The van der Waals surface area contributed by atoms with E-state index in [9.17, 15) is 8.42 Å². The van der Waals surface area contributed by atoms with Crippen LogP contribution >= 0.6 is 0 Å². The summed E-state index contributed by atoms with van der Waals surface area (Å²) in [5.41, 5.74) is 2.75. The van der Waals surface area contributed by atoms with Crippen molar-refractivity contribution >= 4 is 10.0 Å². The van der Waals surface area contributed by atoms with Crippen LogP contribution in [0, 0.1) is 0 Å². The highest BCUT2D eigenvalue weighted by atomic mass is 32.2. The lowest BCUT2D eigenvalue weighted by atomic mass is 10.1. The topological polar surface area (TPSA) is 58.2 Å². The SMILES string of the molecule is CCc1ccc(CNCc2ccccc2S(=O)(=O)NC(C)(C)C)cc1. The van der Waals surface area contributed by atoms with E-state index in [1.165, 1.54) is 11.1 Å². The van der Waals surface area contributed by atoms with Crippen LogP contribution in [-0.2, 0) is 29.5 Å². The van der Waals surface area contributed by atoms with Crippen molar-refractivity contribution in [3.63, 3.8) is 0 Å². The second-order valence-electron chi connectivity index (χ2n) is 7.24. The molecule has 0 fully saturated rings. The first-order valence-electron chi connectivity index (χ1n) is 8.62. The number of rotatable bonds is 7. The van der Waals surface area contributed by atoms with Crippen molar-refractivity contribution in [2.75, 3.05) is 0 Å². The molecule has 5 heteroatoms. The smallest absolute Gasteiger partial charge is 0.241 e. The van der Waals surface area contributed by atoms with Gasteiger partial charge in [-0.25, -0.2) is 13.1 Å². The molecule has 0 radical (unpaired) electrons. The molecule has 2 rings (SSSR count). The van der Waals surface area contributed by atoms with Crippen LogP contribution in [0.15, 0.2) is 53.4 Å². The van der Waals surface area contributed by atoms with Crippen molar-refractivity contribution in [3.05, 3.63) is 65.2 Å². The number of aryl methyl sites for hydroxylation is 1. The molecule has 2 aromatic rings. The van der Waals surface area contributed by atoms with E-state index in [1.54, 1.807) is 12.1 Å². The van der Waals surface area contributed by atoms with Crippen molar-refractivity contribution in [1.29, 1.82) is 0 Å². The van der Waals surface area contributed by atoms with Gasteiger partial charge in [0, 0.05) is 18.6 Å². The normalized spacial score (nSPS) is 12.3. The lowest BCUT2D eigenvalue weighted by Gasteiger charge is -2.21. The van der Waals surface area contributed by atoms with Gasteiger partial charge in [-0.05, 0) is 49.9 Å². The van der Waals surface area contributed by atoms with E-state index in [0.717, 1.165) is 12.0 Å². The third-order valence-corrected chi connectivity index (χ3v) is 5.64. The molecule has 0 atom stereocenters. The molecular weight excluding hydrogens is 332 g/mol. The van der Waals surface area contributed by atoms with Gasteiger partial charge < -0.3 is 5.32 Å². The minimum absolute atomic E-state index is 0.332. The summed E-state index contributed by atoms with van der Waals surface area (Å²) in [4.78, 5) is 0.332. The van der Waals surface area contributed by atoms with Crippen LogP contribution in [0.1, 0.15) is 44.4 Å². The van der Waals surface area contributed by atoms with E-state index in [-0.39, 0.29) is 0 Å². The zero-order valence-electron chi connectivity index (χ0n) is 15.5. The van der Waals surface area contributed by atoms with Crippen molar-refractivity contribution in [2.45, 2.75) is 57.6 Å². The van der Waals surface area contributed by atoms with Crippen molar-refractivity contribution in [2.24, 2.45) is 0 Å². The van der Waals surface area contributed by atoms with Crippen LogP contribution in [0.4, 0.5) is 0 Å². The molecule has 0 heterocycles. The van der Waals surface area contributed by atoms with Gasteiger partial charge in [0.15, 0.2) is 0 Å². The van der Waals surface area contributed by atoms with Crippen LogP contribution in [0.5, 0.6) is 0 Å². The highest BCUT2D eigenvalue weighted by Gasteiger charge is 2.23. The standard InChI is InChI=1S/C20H28N2O2S/c1-5-16-10-12-17(13-11-16)14-21-15-18-8-6-7-9-19(18)25(23,24)22-20(2,3)4/h6-13,21-22H,5,14-15H2,1-4H3. The van der Waals surface area contributed by atoms with E-state index < -0.39 is 15.6 Å². The van der Waals surface area contributed by atoms with E-state index >= 15 is 0 Å². The fourth-order valence-electron chi connectivity index (χ4n) is 2.60. The van der Waals surface area contributed by atoms with Gasteiger partial charge in [-0.3, -0.25) is 0 Å². The zero-order valence-corrected chi connectivity index (χ0v) is 16.3. The lowest BCUT2D eigenvalue weighted by molar-refractivity contribution is 0.490. The predicted molar refractivity (Wildman–Crippen MR) is 103 cm³/mol. The first kappa shape index (κ1) is 19.6. The highest BCUT2D eigenvalue weighted by molar-refractivity contribution is 7.89. The first-order chi connectivity index (χ1) is 11.7. The Kier molecular flexibility index (Phi) is 6.38. The summed E-state index contributed by atoms with van der Waals surface area (Å²) in [6.07, 6.45) is 1.03. The summed E-state index contributed by atoms with van der Waals surface area (Å²) in [6, 6.07) is 15.6. The summed E-state index contributed by atoms with van der Waals surface area (Å²) in [5, 5.41) is 3.34. The molecule has 0 aliphatic rings. The van der Waals surface area contributed by atoms with Crippen LogP contribution < -0.4 is 10.0 Å². The van der Waals surface area contributed by atoms with E-state index in [2.05, 4.69) is 41.2 Å². The molecule has 0 amide bonds. The van der Waals surface area contributed by atoms with E-state index in [1.807, 2.05) is 32.9 Å². The number of hydrogen-bond acceptors (Lipinski definition) is 3. The Balaban J connectivity index is 2.07. The maximum atomic E-state index is 12.6. The maximum absolute atomic E-state index is 12.6. The fraction of sp³-hybridized carbons (Fsp3) is 0.400. The number of benzene rings is 2. The quantitative estimate of drug-likeness (QED) is 0.793. The molecule has 0 aliphatic carbocycles. The lowest BCUT2D eigenvalue weighted by Crippen LogP contribution is -2.40. The molecular formula is C20H28N2O2S. The van der Waals surface area contributed by atoms with Crippen molar-refractivity contribution < 1.29 is 8.42 Å². The Bertz CT molecular complexity index is 791. The Hall–Kier alpha value is -1.69. The molecule has 136 valence electrons. The average molecular weight is 361 g/mol. The van der Waals surface area contributed by atoms with Gasteiger partial charge in [0.05, 0.1) is 4.90 Å². The molecule has 0 aliphatic heterocycles. The Labute approximate surface area is 151 Å². The number of nitrogens with one attached hydrogen (secondary N) is 2. The maximum Gasteiger partial charge on any atom is 0.241 e. The van der Waals surface area contributed by atoms with Crippen LogP contribution in [0.3, 0.4) is 0 Å². The summed E-state index contributed by atoms with van der Waals surface area (Å²) in [7, 11) is -3.54. The Morgan fingerprint density at radius 2 is 1.48 bits per heavy atom. The van der Waals surface area contributed by atoms with Gasteiger partial charge in [0.2, 0.25) is 10.0 Å².